The molecule has 0 spiro atoms. The fourth-order valence-corrected chi connectivity index (χ4v) is 10.5. The zero-order valence-electron chi connectivity index (χ0n) is 35.1. The van der Waals surface area contributed by atoms with E-state index in [2.05, 4.69) is 69.1 Å². The summed E-state index contributed by atoms with van der Waals surface area (Å²) in [4.78, 5) is 73.9. The van der Waals surface area contributed by atoms with Gasteiger partial charge in [0.15, 0.2) is 0 Å². The molecule has 2 saturated carbocycles. The van der Waals surface area contributed by atoms with Gasteiger partial charge < -0.3 is 44.6 Å². The molecule has 15 nitrogen and oxygen atoms in total. The molecule has 0 radical (unpaired) electrons. The number of nitrogens with zero attached hydrogens (tertiary/aromatic N) is 4. The first kappa shape index (κ1) is 39.4. The van der Waals surface area contributed by atoms with Crippen molar-refractivity contribution >= 4 is 56.8 Å². The third kappa shape index (κ3) is 7.33. The van der Waals surface area contributed by atoms with Crippen LogP contribution < -0.4 is 10.6 Å². The van der Waals surface area contributed by atoms with Gasteiger partial charge in [0.25, 0.3) is 0 Å². The Morgan fingerprint density at radius 3 is 2.05 bits per heavy atom. The first-order chi connectivity index (χ1) is 29.6. The minimum Gasteiger partial charge on any atom is -0.453 e. The number of aromatic amines is 2. The Bertz CT molecular complexity index is 2530. The van der Waals surface area contributed by atoms with Crippen LogP contribution in [0.15, 0.2) is 48.5 Å². The average molecular weight is 831 g/mol. The SMILES string of the molecule is COC(=O)N[C@H](C(=O)N1[C@@H]2C[C@@H]2C[C@H]1c1nc2cc(CCc3ccc4c(ccc5[nH]c([C@@H]6C[C@H]7C[C@H]7N6C(=O)[C@@H](NC(=O)OC)C6CCOCC6)nc54)c3)ccc2[nH]1)C(C)C. The number of carbonyl (C=O) groups excluding carboxylic acids is 4. The minimum absolute atomic E-state index is 0.0199. The van der Waals surface area contributed by atoms with Crippen LogP contribution in [0.4, 0.5) is 9.59 Å². The van der Waals surface area contributed by atoms with E-state index < -0.39 is 24.3 Å². The van der Waals surface area contributed by atoms with Crippen molar-refractivity contribution in [1.82, 2.24) is 40.4 Å². The Morgan fingerprint density at radius 1 is 0.754 bits per heavy atom. The molecule has 5 aliphatic rings. The number of rotatable bonds is 11. The molecule has 0 bridgehead atoms. The lowest BCUT2D eigenvalue weighted by Crippen LogP contribution is -2.54. The van der Waals surface area contributed by atoms with Crippen molar-refractivity contribution in [2.75, 3.05) is 27.4 Å². The smallest absolute Gasteiger partial charge is 0.407 e. The summed E-state index contributed by atoms with van der Waals surface area (Å²) in [6, 6.07) is 15.8. The summed E-state index contributed by atoms with van der Waals surface area (Å²) in [5, 5.41) is 7.79. The molecule has 0 unspecified atom stereocenters. The number of aromatic nitrogens is 4. The molecule has 10 rings (SSSR count). The molecule has 3 saturated heterocycles. The molecule has 2 aromatic heterocycles. The second-order valence-electron chi connectivity index (χ2n) is 18.2. The van der Waals surface area contributed by atoms with E-state index in [1.807, 2.05) is 23.6 Å². The van der Waals surface area contributed by atoms with E-state index in [0.29, 0.717) is 37.9 Å². The van der Waals surface area contributed by atoms with Crippen LogP contribution in [0.25, 0.3) is 32.8 Å². The van der Waals surface area contributed by atoms with Crippen molar-refractivity contribution in [2.45, 2.75) is 101 Å². The summed E-state index contributed by atoms with van der Waals surface area (Å²) in [7, 11) is 2.63. The minimum atomic E-state index is -0.673. The van der Waals surface area contributed by atoms with Gasteiger partial charge in [0.2, 0.25) is 11.8 Å². The number of H-pyrrole nitrogens is 2. The van der Waals surface area contributed by atoms with Gasteiger partial charge in [-0.2, -0.15) is 0 Å². The molecule has 15 heteroatoms. The van der Waals surface area contributed by atoms with Crippen LogP contribution in [-0.2, 0) is 36.6 Å². The maximum Gasteiger partial charge on any atom is 0.407 e. The fourth-order valence-electron chi connectivity index (χ4n) is 10.5. The standard InChI is InChI=1S/C46H54N8O7/c1-23(2)38(51-45(57)59-3)43(55)53-34-19-28(34)21-36(53)41-47-31-11-8-25(18-33(31)49-41)6-5-24-7-10-30-27(17-24)9-12-32-40(30)50-42(48-32)37-22-29-20-35(29)54(37)44(56)39(52-46(58)60-4)26-13-15-61-16-14-26/h7-12,17-18,23,26,28-29,34-39H,5-6,13-16,19-22H2,1-4H3,(H,47,49)(H,48,50)(H,51,57)(H,52,58)/t28-,29-,34-,35-,36+,37+,38+,39+/m1/s1. The van der Waals surface area contributed by atoms with Crippen LogP contribution in [-0.4, -0.2) is 105 Å². The van der Waals surface area contributed by atoms with Crippen LogP contribution in [0, 0.1) is 23.7 Å². The van der Waals surface area contributed by atoms with Crippen LogP contribution in [0.1, 0.15) is 87.2 Å². The normalized spacial score (nSPS) is 25.4. The van der Waals surface area contributed by atoms with Gasteiger partial charge in [-0.3, -0.25) is 9.59 Å². The Morgan fingerprint density at radius 2 is 1.36 bits per heavy atom. The van der Waals surface area contributed by atoms with Gasteiger partial charge in [0.1, 0.15) is 23.7 Å². The molecule has 320 valence electrons. The summed E-state index contributed by atoms with van der Waals surface area (Å²) < 4.78 is 15.3. The van der Waals surface area contributed by atoms with Crippen molar-refractivity contribution in [3.05, 3.63) is 71.3 Å². The molecule has 8 atom stereocenters. The van der Waals surface area contributed by atoms with Crippen molar-refractivity contribution in [3.63, 3.8) is 0 Å². The lowest BCUT2D eigenvalue weighted by Gasteiger charge is -2.35. The number of hydrogen-bond donors (Lipinski definition) is 4. The van der Waals surface area contributed by atoms with E-state index in [4.69, 9.17) is 24.2 Å². The van der Waals surface area contributed by atoms with Gasteiger partial charge >= 0.3 is 12.2 Å². The third-order valence-corrected chi connectivity index (χ3v) is 14.0. The van der Waals surface area contributed by atoms with Gasteiger partial charge in [-0.15, -0.1) is 0 Å². The number of ether oxygens (including phenoxy) is 3. The lowest BCUT2D eigenvalue weighted by atomic mass is 9.90. The number of carbonyl (C=O) groups is 4. The number of methoxy groups -OCH3 is 2. The molecular formula is C46H54N8O7. The molecule has 61 heavy (non-hydrogen) atoms. The summed E-state index contributed by atoms with van der Waals surface area (Å²) in [6.07, 6.45) is 5.54. The average Bonchev–Trinajstić information content (AvgIpc) is 3.93. The number of fused-ring (bicyclic) bond motifs is 6. The number of hydrogen-bond acceptors (Lipinski definition) is 9. The predicted octanol–water partition coefficient (Wildman–Crippen LogP) is 6.23. The van der Waals surface area contributed by atoms with Crippen LogP contribution in [0.5, 0.6) is 0 Å². The van der Waals surface area contributed by atoms with Crippen LogP contribution >= 0.6 is 0 Å². The molecule has 3 aliphatic heterocycles. The van der Waals surface area contributed by atoms with Gasteiger partial charge in [0.05, 0.1) is 48.4 Å². The first-order valence-corrected chi connectivity index (χ1v) is 21.9. The van der Waals surface area contributed by atoms with Crippen LogP contribution in [0.3, 0.4) is 0 Å². The van der Waals surface area contributed by atoms with Crippen LogP contribution in [0.2, 0.25) is 0 Å². The number of nitrogens with one attached hydrogen (secondary N) is 4. The maximum absolute atomic E-state index is 14.3. The Balaban J connectivity index is 0.837. The summed E-state index contributed by atoms with van der Waals surface area (Å²) >= 11 is 0. The highest BCUT2D eigenvalue weighted by Crippen LogP contribution is 2.55. The van der Waals surface area contributed by atoms with Gasteiger partial charge in [-0.05, 0) is 110 Å². The van der Waals surface area contributed by atoms with Gasteiger partial charge in [-0.25, -0.2) is 19.6 Å². The number of amides is 4. The summed E-state index contributed by atoms with van der Waals surface area (Å²) in [6.45, 7) is 5.00. The zero-order chi connectivity index (χ0) is 42.1. The van der Waals surface area contributed by atoms with E-state index in [1.165, 1.54) is 25.3 Å². The number of likely N-dealkylation sites (tertiary alicyclic amines) is 2. The second-order valence-corrected chi connectivity index (χ2v) is 18.2. The lowest BCUT2D eigenvalue weighted by molar-refractivity contribution is -0.138. The molecule has 4 amide bonds. The highest BCUT2D eigenvalue weighted by Gasteiger charge is 2.57. The van der Waals surface area contributed by atoms with E-state index >= 15 is 0 Å². The first-order valence-electron chi connectivity index (χ1n) is 21.9. The molecule has 5 heterocycles. The number of benzene rings is 3. The molecular weight excluding hydrogens is 777 g/mol. The van der Waals surface area contributed by atoms with Crippen molar-refractivity contribution in [2.24, 2.45) is 23.7 Å². The number of aryl methyl sites for hydroxylation is 2. The van der Waals surface area contributed by atoms with E-state index in [1.54, 1.807) is 0 Å². The monoisotopic (exact) mass is 830 g/mol. The van der Waals surface area contributed by atoms with Crippen molar-refractivity contribution < 1.29 is 33.4 Å². The van der Waals surface area contributed by atoms with E-state index in [-0.39, 0.29) is 47.8 Å². The number of imidazole rings is 2. The van der Waals surface area contributed by atoms with Crippen molar-refractivity contribution in [3.8, 4) is 0 Å². The van der Waals surface area contributed by atoms with Gasteiger partial charge in [0, 0.05) is 30.7 Å². The third-order valence-electron chi connectivity index (χ3n) is 14.0. The summed E-state index contributed by atoms with van der Waals surface area (Å²) in [5.41, 5.74) is 6.03. The van der Waals surface area contributed by atoms with E-state index in [9.17, 15) is 19.2 Å². The van der Waals surface area contributed by atoms with Gasteiger partial charge in [-0.1, -0.05) is 44.2 Å². The second kappa shape index (κ2) is 15.6. The largest absolute Gasteiger partial charge is 0.453 e. The van der Waals surface area contributed by atoms with E-state index in [0.717, 1.165) is 83.0 Å². The topological polar surface area (TPSA) is 184 Å². The molecule has 5 aromatic rings. The summed E-state index contributed by atoms with van der Waals surface area (Å²) in [5.74, 6) is 2.19. The highest BCUT2D eigenvalue weighted by molar-refractivity contribution is 6.04. The predicted molar refractivity (Wildman–Crippen MR) is 226 cm³/mol. The fraction of sp³-hybridized carbons (Fsp3) is 0.522. The Labute approximate surface area is 353 Å². The molecule has 4 N–H and O–H groups in total. The molecule has 5 fully saturated rings. The maximum atomic E-state index is 14.3. The number of piperidine rings is 2. The molecule has 3 aromatic carbocycles. The van der Waals surface area contributed by atoms with Crippen molar-refractivity contribution in [1.29, 1.82) is 0 Å². The zero-order valence-corrected chi connectivity index (χ0v) is 35.1. The number of alkyl carbamates (subject to hydrolysis) is 2. The quantitative estimate of drug-likeness (QED) is 0.120. The Hall–Kier alpha value is -5.70. The highest BCUT2D eigenvalue weighted by atomic mass is 16.5. The molecule has 2 aliphatic carbocycles. The Kier molecular flexibility index (Phi) is 10.1.